The molecule has 23 heavy (non-hydrogen) atoms. The van der Waals surface area contributed by atoms with Crippen LogP contribution in [0.1, 0.15) is 38.2 Å². The number of rotatable bonds is 7. The summed E-state index contributed by atoms with van der Waals surface area (Å²) in [7, 11) is -3.47. The molecule has 0 fully saturated rings. The van der Waals surface area contributed by atoms with E-state index in [1.165, 1.54) is 5.56 Å². The molecule has 0 N–H and O–H groups in total. The van der Waals surface area contributed by atoms with E-state index in [1.54, 1.807) is 24.3 Å². The molecular formula is C20H24O2S. The van der Waals surface area contributed by atoms with E-state index >= 15 is 0 Å². The van der Waals surface area contributed by atoms with E-state index in [0.717, 1.165) is 6.42 Å². The molecule has 0 aromatic heterocycles. The highest BCUT2D eigenvalue weighted by atomic mass is 32.2. The number of sulfone groups is 1. The van der Waals surface area contributed by atoms with Crippen LogP contribution >= 0.6 is 0 Å². The second-order valence-electron chi connectivity index (χ2n) is 6.30. The highest BCUT2D eigenvalue weighted by Crippen LogP contribution is 2.33. The molecule has 1 unspecified atom stereocenters. The van der Waals surface area contributed by atoms with Crippen molar-refractivity contribution in [3.8, 4) is 0 Å². The van der Waals surface area contributed by atoms with Gasteiger partial charge in [0.2, 0.25) is 9.84 Å². The maximum atomic E-state index is 12.7. The van der Waals surface area contributed by atoms with E-state index in [4.69, 9.17) is 0 Å². The van der Waals surface area contributed by atoms with Gasteiger partial charge in [-0.2, -0.15) is 0 Å². The monoisotopic (exact) mass is 328 g/mol. The third-order valence-electron chi connectivity index (χ3n) is 3.93. The van der Waals surface area contributed by atoms with Crippen LogP contribution in [-0.4, -0.2) is 8.42 Å². The Hall–Kier alpha value is -1.87. The van der Waals surface area contributed by atoms with Crippen LogP contribution in [0.5, 0.6) is 0 Å². The SMILES string of the molecule is C=C(CC(CC(C)C)c1ccccc1)S(=O)(=O)c1ccccc1. The van der Waals surface area contributed by atoms with Gasteiger partial charge in [-0.25, -0.2) is 8.42 Å². The summed E-state index contributed by atoms with van der Waals surface area (Å²) in [6, 6.07) is 18.6. The second-order valence-corrected chi connectivity index (χ2v) is 8.35. The molecule has 0 spiro atoms. The zero-order valence-electron chi connectivity index (χ0n) is 13.8. The zero-order chi connectivity index (χ0) is 16.9. The van der Waals surface area contributed by atoms with Gasteiger partial charge >= 0.3 is 0 Å². The van der Waals surface area contributed by atoms with E-state index in [1.807, 2.05) is 24.3 Å². The molecule has 0 heterocycles. The largest absolute Gasteiger partial charge is 0.219 e. The first-order valence-corrected chi connectivity index (χ1v) is 9.42. The van der Waals surface area contributed by atoms with Gasteiger partial charge in [0.15, 0.2) is 0 Å². The molecule has 0 amide bonds. The molecular weight excluding hydrogens is 304 g/mol. The van der Waals surface area contributed by atoms with Crippen LogP contribution in [0.3, 0.4) is 0 Å². The molecule has 0 aliphatic carbocycles. The summed E-state index contributed by atoms with van der Waals surface area (Å²) in [5.41, 5.74) is 1.17. The Bertz CT molecular complexity index is 732. The van der Waals surface area contributed by atoms with Gasteiger partial charge in [0, 0.05) is 4.91 Å². The quantitative estimate of drug-likeness (QED) is 0.700. The maximum Gasteiger partial charge on any atom is 0.202 e. The van der Waals surface area contributed by atoms with Crippen LogP contribution in [0.4, 0.5) is 0 Å². The first-order valence-electron chi connectivity index (χ1n) is 7.94. The fraction of sp³-hybridized carbons (Fsp3) is 0.300. The van der Waals surface area contributed by atoms with Gasteiger partial charge in [-0.1, -0.05) is 69.0 Å². The summed E-state index contributed by atoms with van der Waals surface area (Å²) in [6.07, 6.45) is 1.40. The second kappa shape index (κ2) is 7.60. The number of hydrogen-bond donors (Lipinski definition) is 0. The average Bonchev–Trinajstić information content (AvgIpc) is 2.55. The molecule has 0 bridgehead atoms. The predicted octanol–water partition coefficient (Wildman–Crippen LogP) is 5.19. The Morgan fingerprint density at radius 1 is 0.957 bits per heavy atom. The molecule has 2 aromatic carbocycles. The number of hydrogen-bond acceptors (Lipinski definition) is 2. The molecule has 122 valence electrons. The van der Waals surface area contributed by atoms with E-state index < -0.39 is 9.84 Å². The average molecular weight is 328 g/mol. The Morgan fingerprint density at radius 2 is 1.48 bits per heavy atom. The highest BCUT2D eigenvalue weighted by molar-refractivity contribution is 7.95. The Morgan fingerprint density at radius 3 is 2.00 bits per heavy atom. The molecule has 0 saturated carbocycles. The van der Waals surface area contributed by atoms with E-state index in [-0.39, 0.29) is 5.92 Å². The van der Waals surface area contributed by atoms with Gasteiger partial charge < -0.3 is 0 Å². The maximum absolute atomic E-state index is 12.7. The minimum absolute atomic E-state index is 0.169. The summed E-state index contributed by atoms with van der Waals surface area (Å²) >= 11 is 0. The van der Waals surface area contributed by atoms with Crippen LogP contribution in [-0.2, 0) is 9.84 Å². The third kappa shape index (κ3) is 4.55. The van der Waals surface area contributed by atoms with Gasteiger partial charge in [-0.05, 0) is 42.4 Å². The summed E-state index contributed by atoms with van der Waals surface area (Å²) in [5.74, 6) is 0.662. The van der Waals surface area contributed by atoms with E-state index in [9.17, 15) is 8.42 Å². The lowest BCUT2D eigenvalue weighted by atomic mass is 9.88. The van der Waals surface area contributed by atoms with Crippen LogP contribution in [0, 0.1) is 5.92 Å². The lowest BCUT2D eigenvalue weighted by Crippen LogP contribution is -2.10. The van der Waals surface area contributed by atoms with Crippen molar-refractivity contribution in [2.45, 2.75) is 37.5 Å². The van der Waals surface area contributed by atoms with Gasteiger partial charge in [-0.3, -0.25) is 0 Å². The standard InChI is InChI=1S/C20H24O2S/c1-16(2)14-19(18-10-6-4-7-11-18)15-17(3)23(21,22)20-12-8-5-9-13-20/h4-13,16,19H,3,14-15H2,1-2H3. The summed E-state index contributed by atoms with van der Waals surface area (Å²) in [4.78, 5) is 0.611. The van der Waals surface area contributed by atoms with Crippen molar-refractivity contribution >= 4 is 9.84 Å². The molecule has 2 nitrogen and oxygen atoms in total. The minimum Gasteiger partial charge on any atom is -0.219 e. The molecule has 1 atom stereocenters. The van der Waals surface area contributed by atoms with Crippen LogP contribution in [0.2, 0.25) is 0 Å². The molecule has 0 radical (unpaired) electrons. The lowest BCUT2D eigenvalue weighted by Gasteiger charge is -2.21. The van der Waals surface area contributed by atoms with Crippen molar-refractivity contribution in [1.29, 1.82) is 0 Å². The molecule has 2 aromatic rings. The number of allylic oxidation sites excluding steroid dienone is 1. The molecule has 0 aliphatic rings. The van der Waals surface area contributed by atoms with Crippen molar-refractivity contribution in [2.75, 3.05) is 0 Å². The van der Waals surface area contributed by atoms with Crippen LogP contribution < -0.4 is 0 Å². The smallest absolute Gasteiger partial charge is 0.202 e. The van der Waals surface area contributed by atoms with Crippen molar-refractivity contribution in [3.63, 3.8) is 0 Å². The van der Waals surface area contributed by atoms with Crippen molar-refractivity contribution in [1.82, 2.24) is 0 Å². The van der Waals surface area contributed by atoms with Crippen molar-refractivity contribution in [3.05, 3.63) is 77.7 Å². The van der Waals surface area contributed by atoms with Crippen LogP contribution in [0.25, 0.3) is 0 Å². The van der Waals surface area contributed by atoms with Crippen molar-refractivity contribution in [2.24, 2.45) is 5.92 Å². The predicted molar refractivity (Wildman–Crippen MR) is 96.0 cm³/mol. The fourth-order valence-corrected chi connectivity index (χ4v) is 4.05. The highest BCUT2D eigenvalue weighted by Gasteiger charge is 2.23. The first kappa shape index (κ1) is 17.5. The Kier molecular flexibility index (Phi) is 5.78. The normalized spacial score (nSPS) is 13.0. The third-order valence-corrected chi connectivity index (χ3v) is 5.75. The minimum atomic E-state index is -3.47. The lowest BCUT2D eigenvalue weighted by molar-refractivity contribution is 0.498. The molecule has 2 rings (SSSR count). The first-order chi connectivity index (χ1) is 10.9. The van der Waals surface area contributed by atoms with Gasteiger partial charge in [0.05, 0.1) is 4.90 Å². The summed E-state index contributed by atoms with van der Waals surface area (Å²) in [6.45, 7) is 8.20. The van der Waals surface area contributed by atoms with Crippen LogP contribution in [0.15, 0.2) is 77.0 Å². The molecule has 0 aliphatic heterocycles. The van der Waals surface area contributed by atoms with E-state index in [2.05, 4.69) is 32.6 Å². The van der Waals surface area contributed by atoms with Crippen molar-refractivity contribution < 1.29 is 8.42 Å². The van der Waals surface area contributed by atoms with Gasteiger partial charge in [-0.15, -0.1) is 0 Å². The van der Waals surface area contributed by atoms with Gasteiger partial charge in [0.25, 0.3) is 0 Å². The zero-order valence-corrected chi connectivity index (χ0v) is 14.6. The fourth-order valence-electron chi connectivity index (χ4n) is 2.78. The van der Waals surface area contributed by atoms with E-state index in [0.29, 0.717) is 22.1 Å². The summed E-state index contributed by atoms with van der Waals surface area (Å²) < 4.78 is 25.4. The Labute approximate surface area is 139 Å². The number of benzene rings is 2. The topological polar surface area (TPSA) is 34.1 Å². The molecule has 3 heteroatoms. The Balaban J connectivity index is 2.24. The summed E-state index contributed by atoms with van der Waals surface area (Å²) in [5, 5.41) is 0. The van der Waals surface area contributed by atoms with Gasteiger partial charge in [0.1, 0.15) is 0 Å². The molecule has 0 saturated heterocycles.